The van der Waals surface area contributed by atoms with Gasteiger partial charge in [0.15, 0.2) is 0 Å². The SMILES string of the molecule is CCCC#CCC1CCC(c2ccc(C#Cc3ccc(OC)cc3)cc2)CC1. The predicted molar refractivity (Wildman–Crippen MR) is 117 cm³/mol. The normalized spacial score (nSPS) is 18.4. The third kappa shape index (κ3) is 5.94. The molecular formula is C27H30O. The lowest BCUT2D eigenvalue weighted by Gasteiger charge is -2.27. The van der Waals surface area contributed by atoms with Crippen molar-refractivity contribution in [3.63, 3.8) is 0 Å². The van der Waals surface area contributed by atoms with Gasteiger partial charge in [-0.1, -0.05) is 30.9 Å². The molecule has 0 unspecified atom stereocenters. The Bertz CT molecular complexity index is 845. The van der Waals surface area contributed by atoms with Crippen molar-refractivity contribution >= 4 is 0 Å². The van der Waals surface area contributed by atoms with Crippen LogP contribution in [-0.4, -0.2) is 7.11 Å². The molecule has 1 aliphatic carbocycles. The van der Waals surface area contributed by atoms with Crippen LogP contribution in [0.4, 0.5) is 0 Å². The Labute approximate surface area is 170 Å². The summed E-state index contributed by atoms with van der Waals surface area (Å²) in [6, 6.07) is 16.7. The monoisotopic (exact) mass is 370 g/mol. The summed E-state index contributed by atoms with van der Waals surface area (Å²) in [5, 5.41) is 0. The molecule has 1 nitrogen and oxygen atoms in total. The fourth-order valence-electron chi connectivity index (χ4n) is 3.79. The highest BCUT2D eigenvalue weighted by Crippen LogP contribution is 2.36. The van der Waals surface area contributed by atoms with Crippen LogP contribution in [0.5, 0.6) is 5.75 Å². The van der Waals surface area contributed by atoms with Gasteiger partial charge in [0.05, 0.1) is 7.11 Å². The van der Waals surface area contributed by atoms with E-state index < -0.39 is 0 Å². The minimum atomic E-state index is 0.698. The van der Waals surface area contributed by atoms with E-state index >= 15 is 0 Å². The molecule has 0 heterocycles. The van der Waals surface area contributed by atoms with E-state index in [1.165, 1.54) is 37.7 Å². The molecule has 2 aromatic rings. The van der Waals surface area contributed by atoms with Gasteiger partial charge >= 0.3 is 0 Å². The molecule has 0 aliphatic heterocycles. The summed E-state index contributed by atoms with van der Waals surface area (Å²) in [5.74, 6) is 15.5. The Kier molecular flexibility index (Phi) is 7.63. The Morgan fingerprint density at radius 3 is 2.00 bits per heavy atom. The Hall–Kier alpha value is -2.64. The summed E-state index contributed by atoms with van der Waals surface area (Å²) in [7, 11) is 1.68. The third-order valence-corrected chi connectivity index (χ3v) is 5.56. The van der Waals surface area contributed by atoms with Gasteiger partial charge in [0.1, 0.15) is 5.75 Å². The highest BCUT2D eigenvalue weighted by Gasteiger charge is 2.21. The van der Waals surface area contributed by atoms with Crippen LogP contribution in [0.1, 0.15) is 74.5 Å². The molecule has 1 heteroatoms. The van der Waals surface area contributed by atoms with E-state index in [1.807, 2.05) is 24.3 Å². The summed E-state index contributed by atoms with van der Waals surface area (Å²) in [6.45, 7) is 2.19. The lowest BCUT2D eigenvalue weighted by molar-refractivity contribution is 0.331. The van der Waals surface area contributed by atoms with Crippen LogP contribution < -0.4 is 4.74 Å². The average Bonchev–Trinajstić information content (AvgIpc) is 2.76. The summed E-state index contributed by atoms with van der Waals surface area (Å²) < 4.78 is 5.18. The standard InChI is InChI=1S/C27H30O/c1-3-4-5-6-7-22-10-16-25(17-11-22)26-18-12-23(13-19-26)8-9-24-14-20-27(28-2)21-15-24/h12-15,18-22,25H,3-4,7,10-11,16-17H2,1-2H3. The van der Waals surface area contributed by atoms with Crippen LogP contribution in [0.15, 0.2) is 48.5 Å². The molecule has 0 bridgehead atoms. The second-order valence-electron chi connectivity index (χ2n) is 7.63. The molecule has 3 rings (SSSR count). The number of hydrogen-bond acceptors (Lipinski definition) is 1. The minimum absolute atomic E-state index is 0.698. The minimum Gasteiger partial charge on any atom is -0.497 e. The van der Waals surface area contributed by atoms with E-state index in [1.54, 1.807) is 7.11 Å². The molecule has 0 spiro atoms. The first-order valence-electron chi connectivity index (χ1n) is 10.5. The van der Waals surface area contributed by atoms with Crippen molar-refractivity contribution in [1.82, 2.24) is 0 Å². The summed E-state index contributed by atoms with van der Waals surface area (Å²) in [6.07, 6.45) is 8.50. The number of methoxy groups -OCH3 is 1. The molecule has 1 aliphatic rings. The maximum atomic E-state index is 5.18. The van der Waals surface area contributed by atoms with Gasteiger partial charge < -0.3 is 4.74 Å². The van der Waals surface area contributed by atoms with Crippen molar-refractivity contribution in [3.8, 4) is 29.4 Å². The van der Waals surface area contributed by atoms with E-state index in [0.717, 1.165) is 35.6 Å². The molecule has 0 N–H and O–H groups in total. The molecule has 0 atom stereocenters. The van der Waals surface area contributed by atoms with E-state index in [9.17, 15) is 0 Å². The summed E-state index contributed by atoms with van der Waals surface area (Å²) in [5.41, 5.74) is 3.54. The maximum absolute atomic E-state index is 5.18. The molecule has 0 amide bonds. The third-order valence-electron chi connectivity index (χ3n) is 5.56. The van der Waals surface area contributed by atoms with Gasteiger partial charge in [-0.2, -0.15) is 0 Å². The highest BCUT2D eigenvalue weighted by atomic mass is 16.5. The van der Waals surface area contributed by atoms with Crippen LogP contribution in [0.3, 0.4) is 0 Å². The number of benzene rings is 2. The van der Waals surface area contributed by atoms with Crippen molar-refractivity contribution in [2.75, 3.05) is 7.11 Å². The van der Waals surface area contributed by atoms with Gasteiger partial charge in [-0.15, -0.1) is 11.8 Å². The van der Waals surface area contributed by atoms with Crippen molar-refractivity contribution in [2.24, 2.45) is 5.92 Å². The molecule has 0 saturated heterocycles. The number of rotatable bonds is 4. The average molecular weight is 371 g/mol. The molecule has 1 saturated carbocycles. The quantitative estimate of drug-likeness (QED) is 0.554. The maximum Gasteiger partial charge on any atom is 0.118 e. The Balaban J connectivity index is 1.52. The molecule has 28 heavy (non-hydrogen) atoms. The van der Waals surface area contributed by atoms with Gasteiger partial charge in [-0.25, -0.2) is 0 Å². The molecule has 0 aromatic heterocycles. The van der Waals surface area contributed by atoms with Gasteiger partial charge in [0.2, 0.25) is 0 Å². The van der Waals surface area contributed by atoms with Crippen LogP contribution in [0, 0.1) is 29.6 Å². The van der Waals surface area contributed by atoms with E-state index in [0.29, 0.717) is 5.92 Å². The topological polar surface area (TPSA) is 9.23 Å². The van der Waals surface area contributed by atoms with Crippen molar-refractivity contribution in [3.05, 3.63) is 65.2 Å². The Morgan fingerprint density at radius 1 is 0.821 bits per heavy atom. The van der Waals surface area contributed by atoms with E-state index in [-0.39, 0.29) is 0 Å². The van der Waals surface area contributed by atoms with Gasteiger partial charge in [-0.05, 0) is 85.9 Å². The zero-order chi connectivity index (χ0) is 19.6. The van der Waals surface area contributed by atoms with Crippen LogP contribution in [0.2, 0.25) is 0 Å². The molecule has 144 valence electrons. The van der Waals surface area contributed by atoms with Gasteiger partial charge in [-0.3, -0.25) is 0 Å². The van der Waals surface area contributed by atoms with Gasteiger partial charge in [0, 0.05) is 24.0 Å². The lowest BCUT2D eigenvalue weighted by atomic mass is 9.77. The predicted octanol–water partition coefficient (Wildman–Crippen LogP) is 6.56. The molecule has 0 radical (unpaired) electrons. The first-order chi connectivity index (χ1) is 13.8. The van der Waals surface area contributed by atoms with Crippen LogP contribution in [-0.2, 0) is 0 Å². The van der Waals surface area contributed by atoms with Crippen LogP contribution in [0.25, 0.3) is 0 Å². The fourth-order valence-corrected chi connectivity index (χ4v) is 3.79. The first-order valence-corrected chi connectivity index (χ1v) is 10.5. The molecular weight excluding hydrogens is 340 g/mol. The zero-order valence-corrected chi connectivity index (χ0v) is 17.1. The summed E-state index contributed by atoms with van der Waals surface area (Å²) >= 11 is 0. The van der Waals surface area contributed by atoms with Crippen molar-refractivity contribution in [1.29, 1.82) is 0 Å². The van der Waals surface area contributed by atoms with E-state index in [2.05, 4.69) is 54.9 Å². The van der Waals surface area contributed by atoms with Crippen LogP contribution >= 0.6 is 0 Å². The van der Waals surface area contributed by atoms with Gasteiger partial charge in [0.25, 0.3) is 0 Å². The highest BCUT2D eigenvalue weighted by molar-refractivity contribution is 5.45. The largest absolute Gasteiger partial charge is 0.497 e. The smallest absolute Gasteiger partial charge is 0.118 e. The lowest BCUT2D eigenvalue weighted by Crippen LogP contribution is -2.12. The fraction of sp³-hybridized carbons (Fsp3) is 0.407. The second kappa shape index (κ2) is 10.6. The summed E-state index contributed by atoms with van der Waals surface area (Å²) in [4.78, 5) is 0. The molecule has 1 fully saturated rings. The number of hydrogen-bond donors (Lipinski definition) is 0. The van der Waals surface area contributed by atoms with Crippen molar-refractivity contribution < 1.29 is 4.74 Å². The first kappa shape index (κ1) is 20.1. The molecule has 2 aromatic carbocycles. The second-order valence-corrected chi connectivity index (χ2v) is 7.63. The van der Waals surface area contributed by atoms with E-state index in [4.69, 9.17) is 4.74 Å². The number of unbranched alkanes of at least 4 members (excludes halogenated alkanes) is 1. The number of ether oxygens (including phenoxy) is 1. The zero-order valence-electron chi connectivity index (χ0n) is 17.1. The Morgan fingerprint density at radius 2 is 1.43 bits per heavy atom. The van der Waals surface area contributed by atoms with Crippen molar-refractivity contribution in [2.45, 2.75) is 57.8 Å².